The van der Waals surface area contributed by atoms with E-state index in [1.54, 1.807) is 7.11 Å². The largest absolute Gasteiger partial charge is 0.378 e. The molecule has 5 heteroatoms. The van der Waals surface area contributed by atoms with Gasteiger partial charge in [-0.15, -0.1) is 0 Å². The Morgan fingerprint density at radius 2 is 2.22 bits per heavy atom. The number of halogens is 1. The van der Waals surface area contributed by atoms with E-state index in [1.165, 1.54) is 6.42 Å². The van der Waals surface area contributed by atoms with Crippen LogP contribution in [-0.2, 0) is 4.74 Å². The molecule has 0 aromatic carbocycles. The van der Waals surface area contributed by atoms with Gasteiger partial charge in [0.15, 0.2) is 0 Å². The molecular formula is C13H22BrN3O. The Morgan fingerprint density at radius 1 is 1.56 bits per heavy atom. The van der Waals surface area contributed by atoms with E-state index in [0.717, 1.165) is 29.4 Å². The number of methoxy groups -OCH3 is 1. The SMILES string of the molecule is COC1(CC(N)c2c(Br)cnn2C(C)C)CCC1. The van der Waals surface area contributed by atoms with Crippen LogP contribution in [-0.4, -0.2) is 22.5 Å². The van der Waals surface area contributed by atoms with Crippen LogP contribution >= 0.6 is 15.9 Å². The zero-order valence-electron chi connectivity index (χ0n) is 11.3. The van der Waals surface area contributed by atoms with Crippen molar-refractivity contribution in [2.75, 3.05) is 7.11 Å². The lowest BCUT2D eigenvalue weighted by atomic mass is 9.75. The molecule has 2 N–H and O–H groups in total. The Labute approximate surface area is 117 Å². The molecule has 1 aliphatic rings. The quantitative estimate of drug-likeness (QED) is 0.908. The highest BCUT2D eigenvalue weighted by atomic mass is 79.9. The molecule has 0 saturated heterocycles. The van der Waals surface area contributed by atoms with Gasteiger partial charge in [0.1, 0.15) is 0 Å². The molecule has 1 aromatic rings. The molecule has 0 spiro atoms. The minimum Gasteiger partial charge on any atom is -0.378 e. The molecule has 0 radical (unpaired) electrons. The fraction of sp³-hybridized carbons (Fsp3) is 0.769. The Balaban J connectivity index is 2.18. The maximum atomic E-state index is 6.38. The Hall–Kier alpha value is -0.390. The summed E-state index contributed by atoms with van der Waals surface area (Å²) in [6.07, 6.45) is 6.16. The molecule has 1 atom stereocenters. The van der Waals surface area contributed by atoms with Gasteiger partial charge in [-0.05, 0) is 55.5 Å². The van der Waals surface area contributed by atoms with Crippen molar-refractivity contribution in [3.05, 3.63) is 16.4 Å². The lowest BCUT2D eigenvalue weighted by Crippen LogP contribution is -2.42. The molecule has 1 fully saturated rings. The van der Waals surface area contributed by atoms with E-state index in [0.29, 0.717) is 6.04 Å². The lowest BCUT2D eigenvalue weighted by molar-refractivity contribution is -0.0821. The van der Waals surface area contributed by atoms with Crippen LogP contribution in [0.2, 0.25) is 0 Å². The monoisotopic (exact) mass is 315 g/mol. The number of nitrogens with zero attached hydrogens (tertiary/aromatic N) is 2. The summed E-state index contributed by atoms with van der Waals surface area (Å²) in [5.74, 6) is 0. The number of rotatable bonds is 5. The zero-order chi connectivity index (χ0) is 13.3. The van der Waals surface area contributed by atoms with Crippen LogP contribution in [0.5, 0.6) is 0 Å². The van der Waals surface area contributed by atoms with Gasteiger partial charge in [-0.3, -0.25) is 4.68 Å². The van der Waals surface area contributed by atoms with Crippen molar-refractivity contribution in [3.8, 4) is 0 Å². The summed E-state index contributed by atoms with van der Waals surface area (Å²) in [5, 5.41) is 4.38. The van der Waals surface area contributed by atoms with Crippen molar-refractivity contribution in [2.45, 2.75) is 57.2 Å². The van der Waals surface area contributed by atoms with E-state index in [-0.39, 0.29) is 11.6 Å². The van der Waals surface area contributed by atoms with Gasteiger partial charge in [0.25, 0.3) is 0 Å². The third kappa shape index (κ3) is 2.49. The minimum absolute atomic E-state index is 0.00899. The van der Waals surface area contributed by atoms with E-state index in [1.807, 2.05) is 10.9 Å². The zero-order valence-corrected chi connectivity index (χ0v) is 12.9. The molecule has 4 nitrogen and oxygen atoms in total. The van der Waals surface area contributed by atoms with E-state index in [9.17, 15) is 0 Å². The van der Waals surface area contributed by atoms with Crippen molar-refractivity contribution >= 4 is 15.9 Å². The van der Waals surface area contributed by atoms with Gasteiger partial charge in [0.05, 0.1) is 28.0 Å². The minimum atomic E-state index is -0.0375. The molecule has 102 valence electrons. The van der Waals surface area contributed by atoms with Crippen LogP contribution in [0.4, 0.5) is 0 Å². The predicted octanol–water partition coefficient (Wildman–Crippen LogP) is 3.19. The molecule has 18 heavy (non-hydrogen) atoms. The van der Waals surface area contributed by atoms with Crippen LogP contribution in [0.1, 0.15) is 57.3 Å². The smallest absolute Gasteiger partial charge is 0.0697 e. The topological polar surface area (TPSA) is 53.1 Å². The van der Waals surface area contributed by atoms with E-state index >= 15 is 0 Å². The second-order valence-corrected chi connectivity index (χ2v) is 6.32. The number of nitrogens with two attached hydrogens (primary N) is 1. The highest BCUT2D eigenvalue weighted by Gasteiger charge is 2.39. The maximum absolute atomic E-state index is 6.38. The number of hydrogen-bond donors (Lipinski definition) is 1. The molecule has 0 amide bonds. The number of hydrogen-bond acceptors (Lipinski definition) is 3. The molecule has 1 saturated carbocycles. The summed E-state index contributed by atoms with van der Waals surface area (Å²) >= 11 is 3.55. The van der Waals surface area contributed by atoms with E-state index in [4.69, 9.17) is 10.5 Å². The third-order valence-corrected chi connectivity index (χ3v) is 4.53. The van der Waals surface area contributed by atoms with Gasteiger partial charge in [-0.2, -0.15) is 5.10 Å². The summed E-state index contributed by atoms with van der Waals surface area (Å²) in [4.78, 5) is 0. The molecule has 0 bridgehead atoms. The van der Waals surface area contributed by atoms with Crippen LogP contribution in [0.25, 0.3) is 0 Å². The normalized spacial score (nSPS) is 19.9. The fourth-order valence-electron chi connectivity index (χ4n) is 2.67. The second kappa shape index (κ2) is 5.31. The molecule has 1 heterocycles. The number of ether oxygens (including phenoxy) is 1. The van der Waals surface area contributed by atoms with Crippen molar-refractivity contribution in [1.29, 1.82) is 0 Å². The van der Waals surface area contributed by atoms with Crippen molar-refractivity contribution in [3.63, 3.8) is 0 Å². The molecule has 1 aliphatic carbocycles. The molecule has 1 unspecified atom stereocenters. The standard InChI is InChI=1S/C13H22BrN3O/c1-9(2)17-12(10(14)8-16-17)11(15)7-13(18-3)5-4-6-13/h8-9,11H,4-7,15H2,1-3H3. The molecule has 0 aliphatic heterocycles. The summed E-state index contributed by atoms with van der Waals surface area (Å²) in [6.45, 7) is 4.23. The van der Waals surface area contributed by atoms with E-state index in [2.05, 4.69) is 34.9 Å². The molecular weight excluding hydrogens is 294 g/mol. The summed E-state index contributed by atoms with van der Waals surface area (Å²) in [7, 11) is 1.79. The first-order valence-corrected chi connectivity index (χ1v) is 7.32. The Kier molecular flexibility index (Phi) is 4.14. The first kappa shape index (κ1) is 14.0. The molecule has 2 rings (SSSR count). The van der Waals surface area contributed by atoms with Crippen LogP contribution < -0.4 is 5.73 Å². The highest BCUT2D eigenvalue weighted by molar-refractivity contribution is 9.10. The summed E-state index contributed by atoms with van der Waals surface area (Å²) < 4.78 is 8.65. The Bertz CT molecular complexity index is 407. The average molecular weight is 316 g/mol. The van der Waals surface area contributed by atoms with Gasteiger partial charge in [0.2, 0.25) is 0 Å². The van der Waals surface area contributed by atoms with Gasteiger partial charge >= 0.3 is 0 Å². The van der Waals surface area contributed by atoms with Crippen LogP contribution in [0.15, 0.2) is 10.7 Å². The van der Waals surface area contributed by atoms with Crippen molar-refractivity contribution in [1.82, 2.24) is 9.78 Å². The van der Waals surface area contributed by atoms with Gasteiger partial charge in [-0.25, -0.2) is 0 Å². The summed E-state index contributed by atoms with van der Waals surface area (Å²) in [5.41, 5.74) is 7.45. The average Bonchev–Trinajstić information content (AvgIpc) is 2.65. The highest BCUT2D eigenvalue weighted by Crippen LogP contribution is 2.42. The van der Waals surface area contributed by atoms with Crippen molar-refractivity contribution < 1.29 is 4.74 Å². The van der Waals surface area contributed by atoms with Crippen LogP contribution in [0.3, 0.4) is 0 Å². The van der Waals surface area contributed by atoms with Crippen molar-refractivity contribution in [2.24, 2.45) is 5.73 Å². The summed E-state index contributed by atoms with van der Waals surface area (Å²) in [6, 6.07) is 0.279. The Morgan fingerprint density at radius 3 is 2.67 bits per heavy atom. The third-order valence-electron chi connectivity index (χ3n) is 3.92. The molecule has 1 aromatic heterocycles. The van der Waals surface area contributed by atoms with Crippen LogP contribution in [0, 0.1) is 0 Å². The number of aromatic nitrogens is 2. The van der Waals surface area contributed by atoms with E-state index < -0.39 is 0 Å². The maximum Gasteiger partial charge on any atom is 0.0697 e. The fourth-order valence-corrected chi connectivity index (χ4v) is 3.24. The van der Waals surface area contributed by atoms with Gasteiger partial charge in [0, 0.05) is 13.2 Å². The van der Waals surface area contributed by atoms with Gasteiger partial charge in [-0.1, -0.05) is 0 Å². The first-order valence-electron chi connectivity index (χ1n) is 6.53. The first-order chi connectivity index (χ1) is 8.49. The van der Waals surface area contributed by atoms with Gasteiger partial charge < -0.3 is 10.5 Å². The lowest BCUT2D eigenvalue weighted by Gasteiger charge is -2.42. The predicted molar refractivity (Wildman–Crippen MR) is 75.4 cm³/mol. The second-order valence-electron chi connectivity index (χ2n) is 5.47.